The Labute approximate surface area is 207 Å². The molecule has 0 bridgehead atoms. The first-order valence-corrected chi connectivity index (χ1v) is 13.5. The van der Waals surface area contributed by atoms with Crippen LogP contribution in [0, 0.1) is 0 Å². The minimum atomic E-state index is -3.91. The van der Waals surface area contributed by atoms with E-state index >= 15 is 0 Å². The minimum absolute atomic E-state index is 0.240. The van der Waals surface area contributed by atoms with Gasteiger partial charge in [0.2, 0.25) is 10.0 Å². The Balaban J connectivity index is 2.13. The molecule has 35 heavy (non-hydrogen) atoms. The van der Waals surface area contributed by atoms with Crippen molar-refractivity contribution in [1.29, 1.82) is 0 Å². The number of hydrogen-bond acceptors (Lipinski definition) is 7. The lowest BCUT2D eigenvalue weighted by molar-refractivity contribution is -0.142. The average molecular weight is 497 g/mol. The maximum absolute atomic E-state index is 13.5. The molecule has 1 unspecified atom stereocenters. The number of carbonyl (C=O) groups excluding carboxylic acids is 1. The molecule has 0 aliphatic rings. The average Bonchev–Trinajstić information content (AvgIpc) is 2.85. The molecular weight excluding hydrogens is 464 g/mol. The summed E-state index contributed by atoms with van der Waals surface area (Å²) in [6, 6.07) is 18.9. The number of carbonyl (C=O) groups is 1. The standard InChI is InChI=1S/C26H32N4O4S/c1-5-6-17-34-25(26(31)30(29-19(2)3)35(4,32)33)22-18-27-23(20-13-9-7-10-14-20)24(28-22)21-15-11-8-12-16-21/h7-16,18-19,25,29H,5-6,17H2,1-4H3. The first-order valence-electron chi connectivity index (χ1n) is 11.6. The van der Waals surface area contributed by atoms with Crippen LogP contribution in [0.1, 0.15) is 45.4 Å². The van der Waals surface area contributed by atoms with Gasteiger partial charge in [-0.1, -0.05) is 74.0 Å². The molecule has 0 saturated carbocycles. The number of benzene rings is 2. The van der Waals surface area contributed by atoms with Crippen molar-refractivity contribution in [2.45, 2.75) is 45.8 Å². The van der Waals surface area contributed by atoms with Gasteiger partial charge < -0.3 is 4.74 Å². The van der Waals surface area contributed by atoms with E-state index in [4.69, 9.17) is 9.72 Å². The minimum Gasteiger partial charge on any atom is -0.362 e. The molecule has 3 aromatic rings. The highest BCUT2D eigenvalue weighted by molar-refractivity contribution is 7.88. The van der Waals surface area contributed by atoms with Crippen molar-refractivity contribution in [2.75, 3.05) is 12.9 Å². The van der Waals surface area contributed by atoms with Crippen molar-refractivity contribution in [3.8, 4) is 22.5 Å². The topological polar surface area (TPSA) is 101 Å². The van der Waals surface area contributed by atoms with Crippen LogP contribution in [-0.4, -0.2) is 47.6 Å². The van der Waals surface area contributed by atoms with E-state index in [0.717, 1.165) is 23.8 Å². The second-order valence-electron chi connectivity index (χ2n) is 8.48. The lowest BCUT2D eigenvalue weighted by atomic mass is 10.0. The van der Waals surface area contributed by atoms with Crippen LogP contribution in [-0.2, 0) is 19.6 Å². The third-order valence-corrected chi connectivity index (χ3v) is 6.02. The van der Waals surface area contributed by atoms with E-state index in [1.807, 2.05) is 67.6 Å². The summed E-state index contributed by atoms with van der Waals surface area (Å²) in [4.78, 5) is 23.0. The Morgan fingerprint density at radius 3 is 2.09 bits per heavy atom. The van der Waals surface area contributed by atoms with E-state index in [1.165, 1.54) is 6.20 Å². The molecule has 1 atom stereocenters. The van der Waals surface area contributed by atoms with Crippen LogP contribution in [0.5, 0.6) is 0 Å². The number of rotatable bonds is 11. The van der Waals surface area contributed by atoms with Crippen LogP contribution in [0.25, 0.3) is 22.5 Å². The Morgan fingerprint density at radius 1 is 1.00 bits per heavy atom. The number of ether oxygens (including phenoxy) is 1. The van der Waals surface area contributed by atoms with E-state index in [0.29, 0.717) is 22.2 Å². The van der Waals surface area contributed by atoms with Crippen LogP contribution in [0.3, 0.4) is 0 Å². The highest BCUT2D eigenvalue weighted by Gasteiger charge is 2.34. The maximum atomic E-state index is 13.5. The molecule has 9 heteroatoms. The molecule has 0 aliphatic carbocycles. The fraction of sp³-hybridized carbons (Fsp3) is 0.346. The van der Waals surface area contributed by atoms with Crippen molar-refractivity contribution >= 4 is 15.9 Å². The van der Waals surface area contributed by atoms with Crippen LogP contribution in [0.15, 0.2) is 66.9 Å². The quantitative estimate of drug-likeness (QED) is 0.311. The second kappa shape index (κ2) is 12.0. The summed E-state index contributed by atoms with van der Waals surface area (Å²) in [5.74, 6) is -0.766. The normalized spacial score (nSPS) is 12.5. The maximum Gasteiger partial charge on any atom is 0.286 e. The summed E-state index contributed by atoms with van der Waals surface area (Å²) in [7, 11) is -3.91. The summed E-state index contributed by atoms with van der Waals surface area (Å²) in [6.45, 7) is 5.78. The van der Waals surface area contributed by atoms with Crippen LogP contribution >= 0.6 is 0 Å². The Morgan fingerprint density at radius 2 is 1.57 bits per heavy atom. The monoisotopic (exact) mass is 496 g/mol. The first-order chi connectivity index (χ1) is 16.7. The molecule has 3 rings (SSSR count). The first kappa shape index (κ1) is 26.5. The molecular formula is C26H32N4O4S. The summed E-state index contributed by atoms with van der Waals surface area (Å²) in [6.07, 6.45) is 2.78. The number of aromatic nitrogens is 2. The molecule has 1 amide bonds. The Bertz CT molecular complexity index is 1220. The lowest BCUT2D eigenvalue weighted by Gasteiger charge is -2.27. The number of nitrogens with zero attached hydrogens (tertiary/aromatic N) is 3. The summed E-state index contributed by atoms with van der Waals surface area (Å²) in [5.41, 5.74) is 5.88. The lowest BCUT2D eigenvalue weighted by Crippen LogP contribution is -2.51. The van der Waals surface area contributed by atoms with Crippen LogP contribution in [0.2, 0.25) is 0 Å². The second-order valence-corrected chi connectivity index (χ2v) is 10.3. The zero-order chi connectivity index (χ0) is 25.4. The van der Waals surface area contributed by atoms with E-state index < -0.39 is 22.0 Å². The molecule has 0 radical (unpaired) electrons. The van der Waals surface area contributed by atoms with Gasteiger partial charge in [0, 0.05) is 23.8 Å². The number of nitrogens with one attached hydrogen (secondary N) is 1. The zero-order valence-electron chi connectivity index (χ0n) is 20.5. The molecule has 8 nitrogen and oxygen atoms in total. The summed E-state index contributed by atoms with van der Waals surface area (Å²) < 4.78 is 31.5. The van der Waals surface area contributed by atoms with E-state index in [-0.39, 0.29) is 18.3 Å². The third-order valence-electron chi connectivity index (χ3n) is 5.07. The molecule has 0 aliphatic heterocycles. The van der Waals surface area contributed by atoms with Gasteiger partial charge in [-0.2, -0.15) is 4.41 Å². The fourth-order valence-corrected chi connectivity index (χ4v) is 4.25. The number of sulfonamides is 1. The Kier molecular flexibility index (Phi) is 9.08. The number of amides is 1. The number of hydrogen-bond donors (Lipinski definition) is 1. The molecule has 186 valence electrons. The number of unbranched alkanes of at least 4 members (excludes halogenated alkanes) is 1. The van der Waals surface area contributed by atoms with E-state index in [9.17, 15) is 13.2 Å². The van der Waals surface area contributed by atoms with Gasteiger partial charge in [0.15, 0.2) is 6.10 Å². The molecule has 1 N–H and O–H groups in total. The highest BCUT2D eigenvalue weighted by Crippen LogP contribution is 2.31. The third kappa shape index (κ3) is 6.94. The highest BCUT2D eigenvalue weighted by atomic mass is 32.2. The van der Waals surface area contributed by atoms with Gasteiger partial charge in [-0.05, 0) is 20.3 Å². The summed E-state index contributed by atoms with van der Waals surface area (Å²) >= 11 is 0. The van der Waals surface area contributed by atoms with E-state index in [2.05, 4.69) is 10.4 Å². The van der Waals surface area contributed by atoms with Crippen molar-refractivity contribution in [2.24, 2.45) is 0 Å². The van der Waals surface area contributed by atoms with Gasteiger partial charge in [-0.15, -0.1) is 0 Å². The fourth-order valence-electron chi connectivity index (χ4n) is 3.43. The molecule has 2 aromatic carbocycles. The van der Waals surface area contributed by atoms with E-state index in [1.54, 1.807) is 13.8 Å². The molecule has 0 spiro atoms. The molecule has 0 saturated heterocycles. The van der Waals surface area contributed by atoms with Crippen molar-refractivity contribution in [1.82, 2.24) is 19.8 Å². The largest absolute Gasteiger partial charge is 0.362 e. The van der Waals surface area contributed by atoms with Crippen LogP contribution in [0.4, 0.5) is 0 Å². The molecule has 0 fully saturated rings. The smallest absolute Gasteiger partial charge is 0.286 e. The van der Waals surface area contributed by atoms with Gasteiger partial charge in [-0.25, -0.2) is 18.8 Å². The van der Waals surface area contributed by atoms with Crippen molar-refractivity contribution < 1.29 is 17.9 Å². The Hall–Kier alpha value is -3.14. The summed E-state index contributed by atoms with van der Waals surface area (Å²) in [5, 5.41) is 0. The van der Waals surface area contributed by atoms with Gasteiger partial charge in [-0.3, -0.25) is 9.78 Å². The van der Waals surface area contributed by atoms with Crippen molar-refractivity contribution in [3.63, 3.8) is 0 Å². The van der Waals surface area contributed by atoms with Crippen LogP contribution < -0.4 is 5.43 Å². The zero-order valence-corrected chi connectivity index (χ0v) is 21.3. The SMILES string of the molecule is CCCCOC(C(=O)N(NC(C)C)S(C)(=O)=O)c1cnc(-c2ccccc2)c(-c2ccccc2)n1. The van der Waals surface area contributed by atoms with Crippen molar-refractivity contribution in [3.05, 3.63) is 72.6 Å². The van der Waals surface area contributed by atoms with Gasteiger partial charge >= 0.3 is 0 Å². The molecule has 1 heterocycles. The predicted octanol–water partition coefficient (Wildman–Crippen LogP) is 4.37. The predicted molar refractivity (Wildman–Crippen MR) is 136 cm³/mol. The van der Waals surface area contributed by atoms with Gasteiger partial charge in [0.1, 0.15) is 0 Å². The van der Waals surface area contributed by atoms with Gasteiger partial charge in [0.05, 0.1) is 29.5 Å². The number of hydrazine groups is 1. The molecule has 1 aromatic heterocycles. The van der Waals surface area contributed by atoms with Gasteiger partial charge in [0.25, 0.3) is 5.91 Å².